The molecule has 0 saturated carbocycles. The number of nitrogens with one attached hydrogen (secondary N) is 2. The van der Waals surface area contributed by atoms with Crippen LogP contribution in [0.5, 0.6) is 0 Å². The predicted octanol–water partition coefficient (Wildman–Crippen LogP) is 2.03. The lowest BCUT2D eigenvalue weighted by Crippen LogP contribution is -2.37. The van der Waals surface area contributed by atoms with Gasteiger partial charge in [-0.2, -0.15) is 0 Å². The highest BCUT2D eigenvalue weighted by Crippen LogP contribution is 2.10. The van der Waals surface area contributed by atoms with Crippen LogP contribution in [-0.4, -0.2) is 37.0 Å². The summed E-state index contributed by atoms with van der Waals surface area (Å²) in [6.45, 7) is 3.28. The number of benzene rings is 1. The second-order valence-electron chi connectivity index (χ2n) is 5.11. The maximum absolute atomic E-state index is 11.8. The van der Waals surface area contributed by atoms with Gasteiger partial charge in [0.1, 0.15) is 6.54 Å². The molecule has 0 heterocycles. The summed E-state index contributed by atoms with van der Waals surface area (Å²) in [6, 6.07) is 6.77. The average Bonchev–Trinajstić information content (AvgIpc) is 2.51. The van der Waals surface area contributed by atoms with Crippen molar-refractivity contribution in [2.75, 3.05) is 13.2 Å². The lowest BCUT2D eigenvalue weighted by atomic mass is 10.2. The van der Waals surface area contributed by atoms with E-state index in [1.807, 2.05) is 13.8 Å². The van der Waals surface area contributed by atoms with Crippen molar-refractivity contribution in [3.63, 3.8) is 0 Å². The van der Waals surface area contributed by atoms with Crippen molar-refractivity contribution in [3.05, 3.63) is 34.3 Å². The minimum atomic E-state index is -0.659. The van der Waals surface area contributed by atoms with Crippen LogP contribution in [0.4, 0.5) is 0 Å². The molecule has 0 saturated heterocycles. The van der Waals surface area contributed by atoms with Gasteiger partial charge >= 0.3 is 5.97 Å². The van der Waals surface area contributed by atoms with E-state index in [-0.39, 0.29) is 31.0 Å². The molecule has 126 valence electrons. The van der Waals surface area contributed by atoms with Crippen molar-refractivity contribution in [2.24, 2.45) is 0 Å². The molecule has 1 aromatic rings. The van der Waals surface area contributed by atoms with E-state index in [0.29, 0.717) is 5.56 Å². The second-order valence-corrected chi connectivity index (χ2v) is 6.02. The van der Waals surface area contributed by atoms with Gasteiger partial charge in [0.25, 0.3) is 11.8 Å². The Labute approximate surface area is 144 Å². The van der Waals surface area contributed by atoms with E-state index in [1.54, 1.807) is 24.3 Å². The van der Waals surface area contributed by atoms with Crippen LogP contribution < -0.4 is 10.6 Å². The fraction of sp³-hybridized carbons (Fsp3) is 0.438. The number of carbonyl (C=O) groups is 3. The van der Waals surface area contributed by atoms with E-state index in [1.165, 1.54) is 0 Å². The molecule has 6 nitrogen and oxygen atoms in total. The Balaban J connectivity index is 2.27. The monoisotopic (exact) mass is 384 g/mol. The van der Waals surface area contributed by atoms with Gasteiger partial charge in [0, 0.05) is 16.1 Å². The standard InChI is InChI=1S/C16H21BrN2O4/c1-3-4-11(2)19-14(20)10-23-15(21)9-18-16(22)12-5-7-13(17)8-6-12/h5-8,11H,3-4,9-10H2,1-2H3,(H,18,22)(H,19,20)/t11-/m0/s1. The van der Waals surface area contributed by atoms with E-state index < -0.39 is 5.97 Å². The van der Waals surface area contributed by atoms with Gasteiger partial charge in [-0.05, 0) is 37.6 Å². The van der Waals surface area contributed by atoms with Crippen molar-refractivity contribution in [1.82, 2.24) is 10.6 Å². The summed E-state index contributed by atoms with van der Waals surface area (Å²) in [4.78, 5) is 34.9. The van der Waals surface area contributed by atoms with Crippen molar-refractivity contribution < 1.29 is 19.1 Å². The first kappa shape index (κ1) is 19.2. The third kappa shape index (κ3) is 7.78. The first-order chi connectivity index (χ1) is 10.9. The number of esters is 1. The molecule has 0 aliphatic rings. The Bertz CT molecular complexity index is 546. The second kappa shape index (κ2) is 9.99. The van der Waals surface area contributed by atoms with Crippen LogP contribution in [0.2, 0.25) is 0 Å². The predicted molar refractivity (Wildman–Crippen MR) is 89.9 cm³/mol. The molecule has 2 N–H and O–H groups in total. The number of rotatable bonds is 8. The van der Waals surface area contributed by atoms with Crippen LogP contribution in [0, 0.1) is 0 Å². The molecule has 0 aromatic heterocycles. The lowest BCUT2D eigenvalue weighted by Gasteiger charge is -2.12. The zero-order chi connectivity index (χ0) is 17.2. The molecular formula is C16H21BrN2O4. The molecule has 0 bridgehead atoms. The summed E-state index contributed by atoms with van der Waals surface area (Å²) in [5.74, 6) is -1.39. The molecular weight excluding hydrogens is 364 g/mol. The van der Waals surface area contributed by atoms with Gasteiger partial charge in [0.05, 0.1) is 0 Å². The fourth-order valence-electron chi connectivity index (χ4n) is 1.87. The third-order valence-electron chi connectivity index (χ3n) is 2.99. The number of hydrogen-bond acceptors (Lipinski definition) is 4. The quantitative estimate of drug-likeness (QED) is 0.671. The first-order valence-corrected chi connectivity index (χ1v) is 8.20. The maximum Gasteiger partial charge on any atom is 0.325 e. The van der Waals surface area contributed by atoms with Gasteiger partial charge in [0.2, 0.25) is 0 Å². The van der Waals surface area contributed by atoms with Gasteiger partial charge in [-0.25, -0.2) is 0 Å². The molecule has 7 heteroatoms. The van der Waals surface area contributed by atoms with E-state index >= 15 is 0 Å². The Hall–Kier alpha value is -1.89. The Morgan fingerprint density at radius 3 is 2.48 bits per heavy atom. The normalized spacial score (nSPS) is 11.4. The summed E-state index contributed by atoms with van der Waals surface area (Å²) in [6.07, 6.45) is 1.83. The Morgan fingerprint density at radius 1 is 1.22 bits per heavy atom. The highest BCUT2D eigenvalue weighted by molar-refractivity contribution is 9.10. The summed E-state index contributed by atoms with van der Waals surface area (Å²) < 4.78 is 5.67. The van der Waals surface area contributed by atoms with Crippen LogP contribution in [0.25, 0.3) is 0 Å². The van der Waals surface area contributed by atoms with Gasteiger partial charge in [0.15, 0.2) is 6.61 Å². The Morgan fingerprint density at radius 2 is 1.87 bits per heavy atom. The van der Waals surface area contributed by atoms with Crippen LogP contribution in [0.3, 0.4) is 0 Å². The fourth-order valence-corrected chi connectivity index (χ4v) is 2.14. The molecule has 0 aliphatic carbocycles. The molecule has 0 fully saturated rings. The Kier molecular flexibility index (Phi) is 8.32. The lowest BCUT2D eigenvalue weighted by molar-refractivity contribution is -0.147. The van der Waals surface area contributed by atoms with E-state index in [4.69, 9.17) is 4.74 Å². The summed E-state index contributed by atoms with van der Waals surface area (Å²) in [5, 5.41) is 5.17. The molecule has 23 heavy (non-hydrogen) atoms. The van der Waals surface area contributed by atoms with Crippen LogP contribution >= 0.6 is 15.9 Å². The van der Waals surface area contributed by atoms with Crippen LogP contribution in [0.1, 0.15) is 37.0 Å². The molecule has 2 amide bonds. The van der Waals surface area contributed by atoms with Gasteiger partial charge in [-0.1, -0.05) is 29.3 Å². The van der Waals surface area contributed by atoms with Crippen LogP contribution in [-0.2, 0) is 14.3 Å². The van der Waals surface area contributed by atoms with Gasteiger partial charge in [-0.3, -0.25) is 14.4 Å². The summed E-state index contributed by atoms with van der Waals surface area (Å²) in [5.41, 5.74) is 0.437. The average molecular weight is 385 g/mol. The maximum atomic E-state index is 11.8. The number of carbonyl (C=O) groups excluding carboxylic acids is 3. The zero-order valence-electron chi connectivity index (χ0n) is 13.2. The molecule has 1 rings (SSSR count). The summed E-state index contributed by atoms with van der Waals surface area (Å²) >= 11 is 3.27. The van der Waals surface area contributed by atoms with E-state index in [2.05, 4.69) is 26.6 Å². The van der Waals surface area contributed by atoms with E-state index in [9.17, 15) is 14.4 Å². The molecule has 0 radical (unpaired) electrons. The van der Waals surface area contributed by atoms with Crippen molar-refractivity contribution in [3.8, 4) is 0 Å². The molecule has 0 unspecified atom stereocenters. The summed E-state index contributed by atoms with van der Waals surface area (Å²) in [7, 11) is 0. The molecule has 0 aliphatic heterocycles. The highest BCUT2D eigenvalue weighted by atomic mass is 79.9. The number of amides is 2. The number of hydrogen-bond donors (Lipinski definition) is 2. The highest BCUT2D eigenvalue weighted by Gasteiger charge is 2.12. The van der Waals surface area contributed by atoms with Crippen molar-refractivity contribution >= 4 is 33.7 Å². The number of ether oxygens (including phenoxy) is 1. The third-order valence-corrected chi connectivity index (χ3v) is 3.52. The van der Waals surface area contributed by atoms with E-state index in [0.717, 1.165) is 17.3 Å². The molecule has 1 aromatic carbocycles. The van der Waals surface area contributed by atoms with Gasteiger partial charge in [-0.15, -0.1) is 0 Å². The number of halogens is 1. The van der Waals surface area contributed by atoms with Gasteiger partial charge < -0.3 is 15.4 Å². The molecule has 0 spiro atoms. The topological polar surface area (TPSA) is 84.5 Å². The largest absolute Gasteiger partial charge is 0.454 e. The zero-order valence-corrected chi connectivity index (χ0v) is 14.8. The minimum absolute atomic E-state index is 0.0447. The minimum Gasteiger partial charge on any atom is -0.454 e. The van der Waals surface area contributed by atoms with Crippen LogP contribution in [0.15, 0.2) is 28.7 Å². The first-order valence-electron chi connectivity index (χ1n) is 7.41. The van der Waals surface area contributed by atoms with Crippen molar-refractivity contribution in [1.29, 1.82) is 0 Å². The smallest absolute Gasteiger partial charge is 0.325 e. The SMILES string of the molecule is CCC[C@H](C)NC(=O)COC(=O)CNC(=O)c1ccc(Br)cc1. The van der Waals surface area contributed by atoms with Crippen molar-refractivity contribution in [2.45, 2.75) is 32.7 Å². The molecule has 1 atom stereocenters.